The molecule has 0 aromatic carbocycles. The van der Waals surface area contributed by atoms with Gasteiger partial charge in [-0.2, -0.15) is 0 Å². The second kappa shape index (κ2) is 5.70. The molecule has 0 bridgehead atoms. The standard InChI is InChI=1S/C12H19N3O/c1-13-11-6-4-7-12(15-11)14-9-10-5-2-3-8-16-10/h4,6-7,10H,2-3,5,8-9H2,1H3,(H2,13,14,15). The first-order valence-corrected chi connectivity index (χ1v) is 5.89. The fourth-order valence-electron chi connectivity index (χ4n) is 1.86. The first kappa shape index (κ1) is 11.2. The first-order valence-electron chi connectivity index (χ1n) is 5.89. The third-order valence-electron chi connectivity index (χ3n) is 2.79. The van der Waals surface area contributed by atoms with Crippen LogP contribution in [-0.2, 0) is 4.74 Å². The highest BCUT2D eigenvalue weighted by Crippen LogP contribution is 2.14. The number of rotatable bonds is 4. The minimum atomic E-state index is 0.341. The van der Waals surface area contributed by atoms with Crippen LogP contribution in [0.15, 0.2) is 18.2 Å². The van der Waals surface area contributed by atoms with Crippen LogP contribution in [0.5, 0.6) is 0 Å². The second-order valence-corrected chi connectivity index (χ2v) is 4.03. The Morgan fingerprint density at radius 3 is 3.00 bits per heavy atom. The van der Waals surface area contributed by atoms with E-state index in [2.05, 4.69) is 15.6 Å². The summed E-state index contributed by atoms with van der Waals surface area (Å²) in [5.74, 6) is 1.79. The normalized spacial score (nSPS) is 20.4. The highest BCUT2D eigenvalue weighted by atomic mass is 16.5. The molecular formula is C12H19N3O. The van der Waals surface area contributed by atoms with Crippen molar-refractivity contribution in [1.29, 1.82) is 0 Å². The van der Waals surface area contributed by atoms with E-state index in [4.69, 9.17) is 4.74 Å². The van der Waals surface area contributed by atoms with Crippen molar-refractivity contribution >= 4 is 11.6 Å². The summed E-state index contributed by atoms with van der Waals surface area (Å²) in [4.78, 5) is 4.40. The van der Waals surface area contributed by atoms with Crippen molar-refractivity contribution in [1.82, 2.24) is 4.98 Å². The fourth-order valence-corrected chi connectivity index (χ4v) is 1.86. The maximum Gasteiger partial charge on any atom is 0.128 e. The average molecular weight is 221 g/mol. The maximum absolute atomic E-state index is 5.65. The molecular weight excluding hydrogens is 202 g/mol. The Kier molecular flexibility index (Phi) is 3.99. The molecule has 0 spiro atoms. The number of hydrogen-bond donors (Lipinski definition) is 2. The van der Waals surface area contributed by atoms with E-state index in [0.29, 0.717) is 6.10 Å². The molecule has 0 aliphatic carbocycles. The highest BCUT2D eigenvalue weighted by Gasteiger charge is 2.13. The van der Waals surface area contributed by atoms with E-state index in [9.17, 15) is 0 Å². The number of nitrogens with one attached hydrogen (secondary N) is 2. The lowest BCUT2D eigenvalue weighted by molar-refractivity contribution is 0.0247. The van der Waals surface area contributed by atoms with Crippen molar-refractivity contribution in [2.45, 2.75) is 25.4 Å². The lowest BCUT2D eigenvalue weighted by Gasteiger charge is -2.23. The maximum atomic E-state index is 5.65. The molecule has 1 saturated heterocycles. The smallest absolute Gasteiger partial charge is 0.128 e. The Hall–Kier alpha value is -1.29. The van der Waals surface area contributed by atoms with E-state index in [1.165, 1.54) is 12.8 Å². The van der Waals surface area contributed by atoms with Crippen molar-refractivity contribution in [3.05, 3.63) is 18.2 Å². The molecule has 4 heteroatoms. The minimum absolute atomic E-state index is 0.341. The summed E-state index contributed by atoms with van der Waals surface area (Å²) in [6.07, 6.45) is 3.97. The summed E-state index contributed by atoms with van der Waals surface area (Å²) < 4.78 is 5.65. The number of anilines is 2. The number of nitrogens with zero attached hydrogens (tertiary/aromatic N) is 1. The van der Waals surface area contributed by atoms with Crippen LogP contribution in [0, 0.1) is 0 Å². The van der Waals surface area contributed by atoms with E-state index >= 15 is 0 Å². The van der Waals surface area contributed by atoms with E-state index in [1.54, 1.807) is 0 Å². The summed E-state index contributed by atoms with van der Waals surface area (Å²) in [6.45, 7) is 1.75. The third kappa shape index (κ3) is 3.10. The molecule has 4 nitrogen and oxygen atoms in total. The summed E-state index contributed by atoms with van der Waals surface area (Å²) in [7, 11) is 1.87. The van der Waals surface area contributed by atoms with Crippen LogP contribution in [0.2, 0.25) is 0 Å². The fraction of sp³-hybridized carbons (Fsp3) is 0.583. The van der Waals surface area contributed by atoms with Crippen LogP contribution >= 0.6 is 0 Å². The molecule has 0 saturated carbocycles. The van der Waals surface area contributed by atoms with E-state index in [0.717, 1.165) is 31.2 Å². The molecule has 2 N–H and O–H groups in total. The Morgan fingerprint density at radius 2 is 2.25 bits per heavy atom. The SMILES string of the molecule is CNc1cccc(NCC2CCCCO2)n1. The highest BCUT2D eigenvalue weighted by molar-refractivity contribution is 5.44. The van der Waals surface area contributed by atoms with Gasteiger partial charge >= 0.3 is 0 Å². The van der Waals surface area contributed by atoms with Gasteiger partial charge in [0.1, 0.15) is 11.6 Å². The van der Waals surface area contributed by atoms with Crippen LogP contribution in [-0.4, -0.2) is 31.3 Å². The molecule has 16 heavy (non-hydrogen) atoms. The van der Waals surface area contributed by atoms with Gasteiger partial charge in [-0.25, -0.2) is 4.98 Å². The molecule has 1 aliphatic heterocycles. The molecule has 0 amide bonds. The van der Waals surface area contributed by atoms with Crippen molar-refractivity contribution in [2.24, 2.45) is 0 Å². The van der Waals surface area contributed by atoms with Crippen molar-refractivity contribution in [3.63, 3.8) is 0 Å². The zero-order chi connectivity index (χ0) is 11.2. The lowest BCUT2D eigenvalue weighted by Crippen LogP contribution is -2.27. The van der Waals surface area contributed by atoms with Gasteiger partial charge in [-0.1, -0.05) is 6.07 Å². The first-order chi connectivity index (χ1) is 7.88. The topological polar surface area (TPSA) is 46.2 Å². The average Bonchev–Trinajstić information content (AvgIpc) is 2.38. The van der Waals surface area contributed by atoms with Gasteiger partial charge in [-0.05, 0) is 31.4 Å². The van der Waals surface area contributed by atoms with E-state index in [-0.39, 0.29) is 0 Å². The molecule has 1 fully saturated rings. The quantitative estimate of drug-likeness (QED) is 0.817. The summed E-state index contributed by atoms with van der Waals surface area (Å²) in [5, 5.41) is 6.34. The van der Waals surface area contributed by atoms with Crippen LogP contribution in [0.25, 0.3) is 0 Å². The van der Waals surface area contributed by atoms with Crippen molar-refractivity contribution in [2.75, 3.05) is 30.8 Å². The second-order valence-electron chi connectivity index (χ2n) is 4.03. The number of hydrogen-bond acceptors (Lipinski definition) is 4. The van der Waals surface area contributed by atoms with E-state index in [1.807, 2.05) is 25.2 Å². The molecule has 2 heterocycles. The van der Waals surface area contributed by atoms with Crippen LogP contribution in [0.3, 0.4) is 0 Å². The van der Waals surface area contributed by atoms with E-state index < -0.39 is 0 Å². The Bertz CT molecular complexity index is 324. The van der Waals surface area contributed by atoms with Gasteiger partial charge in [-0.15, -0.1) is 0 Å². The monoisotopic (exact) mass is 221 g/mol. The van der Waals surface area contributed by atoms with Gasteiger partial charge in [0.15, 0.2) is 0 Å². The Labute approximate surface area is 96.4 Å². The predicted octanol–water partition coefficient (Wildman–Crippen LogP) is 2.10. The van der Waals surface area contributed by atoms with Gasteiger partial charge in [0.25, 0.3) is 0 Å². The molecule has 1 aromatic heterocycles. The lowest BCUT2D eigenvalue weighted by atomic mass is 10.1. The molecule has 1 atom stereocenters. The number of aromatic nitrogens is 1. The molecule has 2 rings (SSSR count). The van der Waals surface area contributed by atoms with Crippen molar-refractivity contribution < 1.29 is 4.74 Å². The largest absolute Gasteiger partial charge is 0.376 e. The van der Waals surface area contributed by atoms with Gasteiger partial charge in [0.05, 0.1) is 6.10 Å². The summed E-state index contributed by atoms with van der Waals surface area (Å²) >= 11 is 0. The zero-order valence-electron chi connectivity index (χ0n) is 9.70. The molecule has 88 valence electrons. The molecule has 1 aromatic rings. The zero-order valence-corrected chi connectivity index (χ0v) is 9.70. The van der Waals surface area contributed by atoms with Crippen LogP contribution in [0.4, 0.5) is 11.6 Å². The molecule has 0 radical (unpaired) electrons. The summed E-state index contributed by atoms with van der Waals surface area (Å²) in [6, 6.07) is 5.91. The molecule has 1 aliphatic rings. The molecule has 1 unspecified atom stereocenters. The minimum Gasteiger partial charge on any atom is -0.376 e. The van der Waals surface area contributed by atoms with Gasteiger partial charge in [0, 0.05) is 20.2 Å². The van der Waals surface area contributed by atoms with Crippen LogP contribution in [0.1, 0.15) is 19.3 Å². The number of pyridine rings is 1. The van der Waals surface area contributed by atoms with Gasteiger partial charge in [-0.3, -0.25) is 0 Å². The Balaban J connectivity index is 1.83. The van der Waals surface area contributed by atoms with Crippen LogP contribution < -0.4 is 10.6 Å². The number of ether oxygens (including phenoxy) is 1. The predicted molar refractivity (Wildman–Crippen MR) is 65.9 cm³/mol. The van der Waals surface area contributed by atoms with Crippen molar-refractivity contribution in [3.8, 4) is 0 Å². The van der Waals surface area contributed by atoms with Gasteiger partial charge in [0.2, 0.25) is 0 Å². The summed E-state index contributed by atoms with van der Waals surface area (Å²) in [5.41, 5.74) is 0. The van der Waals surface area contributed by atoms with Gasteiger partial charge < -0.3 is 15.4 Å². The Morgan fingerprint density at radius 1 is 1.38 bits per heavy atom. The third-order valence-corrected chi connectivity index (χ3v) is 2.79.